The summed E-state index contributed by atoms with van der Waals surface area (Å²) >= 11 is 0. The number of hydrogen-bond acceptors (Lipinski definition) is 0. The molecule has 0 bridgehead atoms. The van der Waals surface area contributed by atoms with Gasteiger partial charge in [0.25, 0.3) is 0 Å². The molecular weight excluding hydrogens is 213 g/mol. The van der Waals surface area contributed by atoms with Crippen LogP contribution in [0.1, 0.15) is 0 Å². The first kappa shape index (κ1) is 38.6. The summed E-state index contributed by atoms with van der Waals surface area (Å²) in [6.45, 7) is 0. The largest absolute Gasteiger partial charge is 5.00 e. The molecule has 1 nitrogen and oxygen atoms in total. The van der Waals surface area contributed by atoms with Gasteiger partial charge in [-0.25, -0.2) is 0 Å². The molecule has 0 aliphatic heterocycles. The van der Waals surface area contributed by atoms with E-state index in [4.69, 9.17) is 0 Å². The summed E-state index contributed by atoms with van der Waals surface area (Å²) in [5.41, 5.74) is 0. The quantitative estimate of drug-likeness (QED) is 0.501. The normalized spacial score (nSPS) is 0. The van der Waals surface area contributed by atoms with E-state index in [9.17, 15) is 0 Å². The van der Waals surface area contributed by atoms with Gasteiger partial charge in [-0.1, -0.05) is 0 Å². The predicted octanol–water partition coefficient (Wildman–Crippen LogP) is -0.126. The fourth-order valence-electron chi connectivity index (χ4n) is 0. The molecule has 0 aromatic heterocycles. The second-order valence-corrected chi connectivity index (χ2v) is 0. The van der Waals surface area contributed by atoms with Crippen molar-refractivity contribution in [3.05, 3.63) is 0 Å². The van der Waals surface area contributed by atoms with Gasteiger partial charge in [-0.05, 0) is 0 Å². The van der Waals surface area contributed by atoms with Gasteiger partial charge in [0.05, 0.1) is 0 Å². The van der Waals surface area contributed by atoms with Crippen LogP contribution < -0.4 is 0 Å². The summed E-state index contributed by atoms with van der Waals surface area (Å²) in [7, 11) is 0. The van der Waals surface area contributed by atoms with Crippen molar-refractivity contribution >= 4 is 0 Å². The zero-order valence-electron chi connectivity index (χ0n) is 1.71. The van der Waals surface area contributed by atoms with Crippen LogP contribution in [0.5, 0.6) is 0 Å². The maximum absolute atomic E-state index is 0. The van der Waals surface area contributed by atoms with Crippen molar-refractivity contribution in [2.45, 2.75) is 0 Å². The molecule has 0 aromatic carbocycles. The molecule has 0 spiro atoms. The third kappa shape index (κ3) is 9.05. The van der Waals surface area contributed by atoms with Gasteiger partial charge in [-0.15, -0.1) is 0 Å². The van der Waals surface area contributed by atoms with Gasteiger partial charge in [-0.3, -0.25) is 0 Å². The van der Waals surface area contributed by atoms with Crippen LogP contribution >= 0.6 is 0 Å². The van der Waals surface area contributed by atoms with Gasteiger partial charge in [-0.2, -0.15) is 0 Å². The zero-order valence-corrected chi connectivity index (χ0v) is 6.57. The summed E-state index contributed by atoms with van der Waals surface area (Å²) in [6, 6.07) is 0. The standard InChI is InChI=1S/Fe.Nb.O.Ti/q+2;+5;-2;+4. The zero-order chi connectivity index (χ0) is 0. The molecule has 0 fully saturated rings. The third-order valence-corrected chi connectivity index (χ3v) is 0. The average molecular weight is 213 g/mol. The van der Waals surface area contributed by atoms with Crippen molar-refractivity contribution in [1.29, 1.82) is 0 Å². The van der Waals surface area contributed by atoms with Crippen LogP contribution in [-0.4, -0.2) is 0 Å². The van der Waals surface area contributed by atoms with Crippen molar-refractivity contribution in [2.75, 3.05) is 0 Å². The fourth-order valence-corrected chi connectivity index (χ4v) is 0. The van der Waals surface area contributed by atoms with Crippen LogP contribution in [0.15, 0.2) is 0 Å². The van der Waals surface area contributed by atoms with Gasteiger partial charge in [0.2, 0.25) is 0 Å². The molecule has 0 amide bonds. The molecule has 0 atom stereocenters. The van der Waals surface area contributed by atoms with Crippen molar-refractivity contribution in [3.8, 4) is 0 Å². The summed E-state index contributed by atoms with van der Waals surface area (Å²) in [5.74, 6) is 0. The van der Waals surface area contributed by atoms with E-state index in [0.29, 0.717) is 0 Å². The molecule has 4 heteroatoms. The van der Waals surface area contributed by atoms with Gasteiger partial charge in [0, 0.05) is 0 Å². The molecule has 0 unspecified atom stereocenters. The second-order valence-electron chi connectivity index (χ2n) is 0. The Labute approximate surface area is 66.1 Å². The van der Waals surface area contributed by atoms with Gasteiger partial charge in [0.15, 0.2) is 0 Å². The first-order valence-electron chi connectivity index (χ1n) is 0. The minimum Gasteiger partial charge on any atom is -2.00 e. The van der Waals surface area contributed by atoms with Crippen LogP contribution in [0, 0.1) is 0 Å². The molecule has 14 valence electrons. The Morgan fingerprint density at radius 2 is 1.00 bits per heavy atom. The molecule has 0 saturated carbocycles. The Kier molecular flexibility index (Phi) is 197. The van der Waals surface area contributed by atoms with Crippen LogP contribution in [0.25, 0.3) is 0 Å². The maximum Gasteiger partial charge on any atom is 5.00 e. The Morgan fingerprint density at radius 3 is 1.00 bits per heavy atom. The minimum absolute atomic E-state index is 0. The Morgan fingerprint density at radius 1 is 1.00 bits per heavy atom. The molecule has 0 heterocycles. The van der Waals surface area contributed by atoms with Crippen molar-refractivity contribution in [3.63, 3.8) is 0 Å². The van der Waals surface area contributed by atoms with Crippen LogP contribution in [0.3, 0.4) is 0 Å². The second kappa shape index (κ2) is 20.4. The van der Waals surface area contributed by atoms with E-state index >= 15 is 0 Å². The molecule has 0 N–H and O–H groups in total. The Balaban J connectivity index is 0. The van der Waals surface area contributed by atoms with Crippen molar-refractivity contribution in [2.24, 2.45) is 0 Å². The number of hydrogen-bond donors (Lipinski definition) is 0. The molecule has 0 aromatic rings. The summed E-state index contributed by atoms with van der Waals surface area (Å²) < 4.78 is 0. The van der Waals surface area contributed by atoms with E-state index < -0.39 is 0 Å². The first-order chi connectivity index (χ1) is 0. The Hall–Kier alpha value is 1.93. The molecule has 0 aliphatic carbocycles. The van der Waals surface area contributed by atoms with Crippen molar-refractivity contribution < 1.29 is 66.6 Å². The molecule has 0 radical (unpaired) electrons. The molecule has 0 rings (SSSR count). The van der Waals surface area contributed by atoms with E-state index in [1.54, 1.807) is 0 Å². The number of rotatable bonds is 0. The van der Waals surface area contributed by atoms with E-state index in [1.165, 1.54) is 0 Å². The molecular formula is FeNbOTi+9. The van der Waals surface area contributed by atoms with Crippen LogP contribution in [0.2, 0.25) is 0 Å². The SMILES string of the molecule is [Fe+2].[Nb+5].[O-2].[Ti+4]. The fraction of sp³-hybridized carbons (Fsp3) is 0. The van der Waals surface area contributed by atoms with Crippen molar-refractivity contribution in [1.82, 2.24) is 0 Å². The monoisotopic (exact) mass is 213 g/mol. The van der Waals surface area contributed by atoms with Crippen LogP contribution in [0.4, 0.5) is 0 Å². The van der Waals surface area contributed by atoms with Gasteiger partial charge >= 0.3 is 61.2 Å². The van der Waals surface area contributed by atoms with Gasteiger partial charge < -0.3 is 5.48 Å². The minimum atomic E-state index is 0. The molecule has 4 heavy (non-hydrogen) atoms. The summed E-state index contributed by atoms with van der Waals surface area (Å²) in [6.07, 6.45) is 0. The predicted molar refractivity (Wildman–Crippen MR) is 0.686 cm³/mol. The first-order valence-corrected chi connectivity index (χ1v) is 0. The van der Waals surface area contributed by atoms with Gasteiger partial charge in [0.1, 0.15) is 0 Å². The molecule has 0 aliphatic rings. The van der Waals surface area contributed by atoms with E-state index in [0.717, 1.165) is 0 Å². The smallest absolute Gasteiger partial charge is 2.00 e. The summed E-state index contributed by atoms with van der Waals surface area (Å²) in [5, 5.41) is 0. The maximum atomic E-state index is 0. The topological polar surface area (TPSA) is 28.5 Å². The third-order valence-electron chi connectivity index (χ3n) is 0. The summed E-state index contributed by atoms with van der Waals surface area (Å²) in [4.78, 5) is 0. The van der Waals surface area contributed by atoms with E-state index in [-0.39, 0.29) is 66.6 Å². The van der Waals surface area contributed by atoms with E-state index in [1.807, 2.05) is 0 Å². The van der Waals surface area contributed by atoms with E-state index in [2.05, 4.69) is 0 Å². The van der Waals surface area contributed by atoms with Crippen LogP contribution in [-0.2, 0) is 66.6 Å². The Bertz CT molecular complexity index is 8.00. The average Bonchev–Trinajstić information content (AvgIpc) is 0. The molecule has 0 saturated heterocycles.